The number of halogens is 1. The van der Waals surface area contributed by atoms with Gasteiger partial charge in [-0.05, 0) is 29.8 Å². The molecule has 0 radical (unpaired) electrons. The monoisotopic (exact) mass is 477 g/mol. The largest absolute Gasteiger partial charge is 0.496 e. The van der Waals surface area contributed by atoms with Gasteiger partial charge in [0.25, 0.3) is 0 Å². The number of guanidine groups is 1. The Morgan fingerprint density at radius 1 is 1.07 bits per heavy atom. The van der Waals surface area contributed by atoms with Gasteiger partial charge >= 0.3 is 0 Å². The van der Waals surface area contributed by atoms with Gasteiger partial charge in [0, 0.05) is 38.1 Å². The molecule has 3 aromatic rings. The Bertz CT molecular complexity index is 864. The van der Waals surface area contributed by atoms with Gasteiger partial charge in [-0.2, -0.15) is 5.10 Å². The lowest BCUT2D eigenvalue weighted by atomic mass is 10.2. The Morgan fingerprint density at radius 2 is 1.89 bits per heavy atom. The maximum absolute atomic E-state index is 5.38. The van der Waals surface area contributed by atoms with Crippen molar-refractivity contribution in [1.82, 2.24) is 20.4 Å². The third kappa shape index (κ3) is 5.72. The van der Waals surface area contributed by atoms with Crippen LogP contribution in [0.1, 0.15) is 11.1 Å². The van der Waals surface area contributed by atoms with Gasteiger partial charge in [0.1, 0.15) is 5.75 Å². The summed E-state index contributed by atoms with van der Waals surface area (Å²) < 4.78 is 7.23. The van der Waals surface area contributed by atoms with Crippen LogP contribution in [-0.2, 0) is 13.1 Å². The molecule has 2 aromatic carbocycles. The van der Waals surface area contributed by atoms with Crippen LogP contribution in [0.25, 0.3) is 5.69 Å². The van der Waals surface area contributed by atoms with E-state index in [0.717, 1.165) is 28.5 Å². The molecule has 0 aliphatic rings. The number of nitrogens with one attached hydrogen (secondary N) is 2. The van der Waals surface area contributed by atoms with E-state index in [-0.39, 0.29) is 24.0 Å². The van der Waals surface area contributed by atoms with Crippen molar-refractivity contribution in [1.29, 1.82) is 0 Å². The van der Waals surface area contributed by atoms with Crippen molar-refractivity contribution in [3.05, 3.63) is 78.1 Å². The van der Waals surface area contributed by atoms with Gasteiger partial charge in [-0.1, -0.05) is 30.3 Å². The molecular formula is C20H24IN5O. The zero-order valence-electron chi connectivity index (χ0n) is 15.4. The summed E-state index contributed by atoms with van der Waals surface area (Å²) in [6, 6.07) is 18.1. The first kappa shape index (κ1) is 20.8. The Morgan fingerprint density at radius 3 is 2.63 bits per heavy atom. The molecule has 2 N–H and O–H groups in total. The molecule has 0 unspecified atom stereocenters. The first-order valence-electron chi connectivity index (χ1n) is 8.45. The van der Waals surface area contributed by atoms with Crippen LogP contribution in [0.5, 0.6) is 5.75 Å². The fraction of sp³-hybridized carbons (Fsp3) is 0.200. The summed E-state index contributed by atoms with van der Waals surface area (Å²) in [6.45, 7) is 1.30. The molecule has 0 amide bonds. The number of aromatic nitrogens is 2. The number of methoxy groups -OCH3 is 1. The highest BCUT2D eigenvalue weighted by Crippen LogP contribution is 2.16. The highest BCUT2D eigenvalue weighted by atomic mass is 127. The van der Waals surface area contributed by atoms with Crippen LogP contribution in [0.2, 0.25) is 0 Å². The normalized spacial score (nSPS) is 10.8. The van der Waals surface area contributed by atoms with Gasteiger partial charge in [-0.25, -0.2) is 4.68 Å². The fourth-order valence-corrected chi connectivity index (χ4v) is 2.66. The van der Waals surface area contributed by atoms with Crippen LogP contribution in [-0.4, -0.2) is 29.9 Å². The highest BCUT2D eigenvalue weighted by molar-refractivity contribution is 14.0. The smallest absolute Gasteiger partial charge is 0.191 e. The van der Waals surface area contributed by atoms with E-state index in [1.165, 1.54) is 0 Å². The van der Waals surface area contributed by atoms with Crippen molar-refractivity contribution < 1.29 is 4.74 Å². The summed E-state index contributed by atoms with van der Waals surface area (Å²) in [5.74, 6) is 1.60. The van der Waals surface area contributed by atoms with Gasteiger partial charge in [-0.15, -0.1) is 24.0 Å². The second kappa shape index (κ2) is 10.6. The van der Waals surface area contributed by atoms with Gasteiger partial charge in [0.15, 0.2) is 5.96 Å². The summed E-state index contributed by atoms with van der Waals surface area (Å²) in [5, 5.41) is 10.9. The molecule has 7 heteroatoms. The average Bonchev–Trinajstić information content (AvgIpc) is 3.23. The number of rotatable bonds is 6. The Hall–Kier alpha value is -2.55. The molecule has 142 valence electrons. The van der Waals surface area contributed by atoms with Crippen molar-refractivity contribution in [2.75, 3.05) is 14.2 Å². The van der Waals surface area contributed by atoms with Gasteiger partial charge in [0.2, 0.25) is 0 Å². The van der Waals surface area contributed by atoms with Crippen molar-refractivity contribution >= 4 is 29.9 Å². The minimum Gasteiger partial charge on any atom is -0.496 e. The van der Waals surface area contributed by atoms with Gasteiger partial charge < -0.3 is 15.4 Å². The molecule has 0 saturated heterocycles. The van der Waals surface area contributed by atoms with E-state index in [9.17, 15) is 0 Å². The molecule has 0 spiro atoms. The number of aliphatic imine (C=N–C) groups is 1. The van der Waals surface area contributed by atoms with Crippen LogP contribution < -0.4 is 15.4 Å². The highest BCUT2D eigenvalue weighted by Gasteiger charge is 2.04. The summed E-state index contributed by atoms with van der Waals surface area (Å²) >= 11 is 0. The number of hydrogen-bond donors (Lipinski definition) is 2. The molecule has 1 aromatic heterocycles. The lowest BCUT2D eigenvalue weighted by Gasteiger charge is -2.14. The molecule has 0 fully saturated rings. The topological polar surface area (TPSA) is 63.5 Å². The molecular weight excluding hydrogens is 453 g/mol. The molecule has 0 atom stereocenters. The molecule has 0 aliphatic heterocycles. The number of ether oxygens (including phenoxy) is 1. The van der Waals surface area contributed by atoms with E-state index in [0.29, 0.717) is 13.1 Å². The Labute approximate surface area is 176 Å². The van der Waals surface area contributed by atoms with Crippen LogP contribution in [0.4, 0.5) is 0 Å². The maximum atomic E-state index is 5.38. The van der Waals surface area contributed by atoms with Crippen LogP contribution in [0, 0.1) is 0 Å². The van der Waals surface area contributed by atoms with Crippen molar-refractivity contribution in [2.45, 2.75) is 13.1 Å². The predicted molar refractivity (Wildman–Crippen MR) is 119 cm³/mol. The van der Waals surface area contributed by atoms with Gasteiger partial charge in [0.05, 0.1) is 12.8 Å². The lowest BCUT2D eigenvalue weighted by molar-refractivity contribution is 0.409. The maximum Gasteiger partial charge on any atom is 0.191 e. The van der Waals surface area contributed by atoms with Crippen LogP contribution >= 0.6 is 24.0 Å². The van der Waals surface area contributed by atoms with E-state index >= 15 is 0 Å². The third-order valence-electron chi connectivity index (χ3n) is 4.00. The Balaban J connectivity index is 0.00000261. The standard InChI is InChI=1S/C20H23N5O.HI/c1-21-20(23-15-17-8-3-4-10-19(17)26-2)22-14-16-7-5-9-18(13-16)25-12-6-11-24-25;/h3-13H,14-15H2,1-2H3,(H2,21,22,23);1H. The summed E-state index contributed by atoms with van der Waals surface area (Å²) in [4.78, 5) is 4.28. The predicted octanol–water partition coefficient (Wildman–Crippen LogP) is 3.36. The summed E-state index contributed by atoms with van der Waals surface area (Å²) in [7, 11) is 3.44. The SMILES string of the molecule is CN=C(NCc1cccc(-n2cccn2)c1)NCc1ccccc1OC.I. The van der Waals surface area contributed by atoms with E-state index in [4.69, 9.17) is 4.74 Å². The number of hydrogen-bond acceptors (Lipinski definition) is 3. The first-order valence-corrected chi connectivity index (χ1v) is 8.45. The number of nitrogens with zero attached hydrogens (tertiary/aromatic N) is 3. The zero-order valence-corrected chi connectivity index (χ0v) is 17.8. The van der Waals surface area contributed by atoms with E-state index in [2.05, 4.69) is 32.9 Å². The molecule has 27 heavy (non-hydrogen) atoms. The van der Waals surface area contributed by atoms with E-state index in [1.54, 1.807) is 20.4 Å². The molecule has 1 heterocycles. The zero-order chi connectivity index (χ0) is 18.2. The molecule has 6 nitrogen and oxygen atoms in total. The molecule has 3 rings (SSSR count). The second-order valence-electron chi connectivity index (χ2n) is 5.71. The van der Waals surface area contributed by atoms with Crippen molar-refractivity contribution in [3.63, 3.8) is 0 Å². The molecule has 0 saturated carbocycles. The fourth-order valence-electron chi connectivity index (χ4n) is 2.66. The lowest BCUT2D eigenvalue weighted by Crippen LogP contribution is -2.36. The first-order chi connectivity index (χ1) is 12.8. The summed E-state index contributed by atoms with van der Waals surface area (Å²) in [5.41, 5.74) is 3.27. The van der Waals surface area contributed by atoms with Crippen LogP contribution in [0.15, 0.2) is 72.0 Å². The van der Waals surface area contributed by atoms with Gasteiger partial charge in [-0.3, -0.25) is 4.99 Å². The Kier molecular flexibility index (Phi) is 8.12. The van der Waals surface area contributed by atoms with E-state index in [1.807, 2.05) is 53.3 Å². The van der Waals surface area contributed by atoms with Crippen LogP contribution in [0.3, 0.4) is 0 Å². The minimum absolute atomic E-state index is 0. The summed E-state index contributed by atoms with van der Waals surface area (Å²) in [6.07, 6.45) is 3.70. The number of para-hydroxylation sites is 1. The molecule has 0 aliphatic carbocycles. The van der Waals surface area contributed by atoms with E-state index < -0.39 is 0 Å². The number of benzene rings is 2. The average molecular weight is 477 g/mol. The third-order valence-corrected chi connectivity index (χ3v) is 4.00. The minimum atomic E-state index is 0. The second-order valence-corrected chi connectivity index (χ2v) is 5.71. The molecule has 0 bridgehead atoms. The quantitative estimate of drug-likeness (QED) is 0.325. The van der Waals surface area contributed by atoms with Crippen molar-refractivity contribution in [3.8, 4) is 11.4 Å². The van der Waals surface area contributed by atoms with Crippen molar-refractivity contribution in [2.24, 2.45) is 4.99 Å².